The molecule has 2 rings (SSSR count). The number of hydrogen-bond donors (Lipinski definition) is 1. The van der Waals surface area contributed by atoms with Crippen molar-refractivity contribution < 1.29 is 4.39 Å². The van der Waals surface area contributed by atoms with Crippen molar-refractivity contribution in [3.8, 4) is 5.69 Å². The number of nitrogens with one attached hydrogen (secondary N) is 1. The van der Waals surface area contributed by atoms with Crippen LogP contribution in [0.4, 0.5) is 10.3 Å². The lowest BCUT2D eigenvalue weighted by molar-refractivity contribution is 0.619. The lowest BCUT2D eigenvalue weighted by atomic mass is 10.2. The molecule has 0 bridgehead atoms. The maximum Gasteiger partial charge on any atom is 0.207 e. The fourth-order valence-corrected chi connectivity index (χ4v) is 2.08. The van der Waals surface area contributed by atoms with Gasteiger partial charge in [0.1, 0.15) is 5.82 Å². The number of rotatable bonds is 2. The number of anilines is 1. The second-order valence-electron chi connectivity index (χ2n) is 3.88. The Morgan fingerprint density at radius 2 is 2.06 bits per heavy atom. The maximum atomic E-state index is 13.4. The van der Waals surface area contributed by atoms with E-state index in [1.807, 2.05) is 31.7 Å². The highest BCUT2D eigenvalue weighted by molar-refractivity contribution is 9.10. The number of aromatic nitrogens is 2. The average Bonchev–Trinajstić information content (AvgIpc) is 2.64. The SMILES string of the molecule is CNc1nc(C)cn1-c1cc(Br)c(F)cc1C. The lowest BCUT2D eigenvalue weighted by Crippen LogP contribution is -2.02. The molecule has 0 atom stereocenters. The fraction of sp³-hybridized carbons (Fsp3) is 0.250. The highest BCUT2D eigenvalue weighted by atomic mass is 79.9. The zero-order valence-electron chi connectivity index (χ0n) is 9.88. The molecule has 5 heteroatoms. The normalized spacial score (nSPS) is 10.6. The molecule has 0 fully saturated rings. The van der Waals surface area contributed by atoms with Crippen molar-refractivity contribution >= 4 is 21.9 Å². The standard InChI is InChI=1S/C12H13BrFN3/c1-7-4-10(14)9(13)5-11(7)17-6-8(2)16-12(17)15-3/h4-6H,1-3H3,(H,15,16). The maximum absolute atomic E-state index is 13.4. The Morgan fingerprint density at radius 1 is 1.35 bits per heavy atom. The number of hydrogen-bond acceptors (Lipinski definition) is 2. The summed E-state index contributed by atoms with van der Waals surface area (Å²) in [4.78, 5) is 4.34. The van der Waals surface area contributed by atoms with Crippen LogP contribution in [0.3, 0.4) is 0 Å². The highest BCUT2D eigenvalue weighted by Gasteiger charge is 2.11. The van der Waals surface area contributed by atoms with Crippen LogP contribution in [0.15, 0.2) is 22.8 Å². The topological polar surface area (TPSA) is 29.9 Å². The molecule has 0 aliphatic rings. The molecule has 1 aromatic heterocycles. The highest BCUT2D eigenvalue weighted by Crippen LogP contribution is 2.25. The van der Waals surface area contributed by atoms with Crippen LogP contribution in [-0.4, -0.2) is 16.6 Å². The van der Waals surface area contributed by atoms with Crippen LogP contribution in [-0.2, 0) is 0 Å². The molecule has 17 heavy (non-hydrogen) atoms. The van der Waals surface area contributed by atoms with Crippen LogP contribution in [0, 0.1) is 19.7 Å². The molecular weight excluding hydrogens is 285 g/mol. The van der Waals surface area contributed by atoms with E-state index in [-0.39, 0.29) is 5.82 Å². The molecule has 3 nitrogen and oxygen atoms in total. The van der Waals surface area contributed by atoms with E-state index in [1.54, 1.807) is 6.07 Å². The van der Waals surface area contributed by atoms with Gasteiger partial charge in [-0.3, -0.25) is 4.57 Å². The Hall–Kier alpha value is -1.36. The summed E-state index contributed by atoms with van der Waals surface area (Å²) in [7, 11) is 1.81. The van der Waals surface area contributed by atoms with Gasteiger partial charge < -0.3 is 5.32 Å². The smallest absolute Gasteiger partial charge is 0.207 e. The lowest BCUT2D eigenvalue weighted by Gasteiger charge is -2.11. The Balaban J connectivity index is 2.63. The van der Waals surface area contributed by atoms with Crippen LogP contribution in [0.2, 0.25) is 0 Å². The summed E-state index contributed by atoms with van der Waals surface area (Å²) < 4.78 is 15.7. The minimum absolute atomic E-state index is 0.255. The summed E-state index contributed by atoms with van der Waals surface area (Å²) in [5, 5.41) is 3.02. The molecular formula is C12H13BrFN3. The molecule has 0 aliphatic heterocycles. The number of imidazole rings is 1. The molecule has 1 heterocycles. The van der Waals surface area contributed by atoms with E-state index >= 15 is 0 Å². The number of aryl methyl sites for hydroxylation is 2. The minimum atomic E-state index is -0.255. The first kappa shape index (κ1) is 12.1. The van der Waals surface area contributed by atoms with Gasteiger partial charge in [0.15, 0.2) is 0 Å². The van der Waals surface area contributed by atoms with Crippen molar-refractivity contribution in [1.82, 2.24) is 9.55 Å². The van der Waals surface area contributed by atoms with Crippen LogP contribution >= 0.6 is 15.9 Å². The molecule has 0 spiro atoms. The van der Waals surface area contributed by atoms with Crippen molar-refractivity contribution in [2.45, 2.75) is 13.8 Å². The van der Waals surface area contributed by atoms with Crippen LogP contribution in [0.1, 0.15) is 11.3 Å². The average molecular weight is 298 g/mol. The first-order valence-corrected chi connectivity index (χ1v) is 6.02. The third kappa shape index (κ3) is 2.20. The summed E-state index contributed by atoms with van der Waals surface area (Å²) in [5.74, 6) is 0.484. The van der Waals surface area contributed by atoms with Crippen LogP contribution < -0.4 is 5.32 Å². The van der Waals surface area contributed by atoms with E-state index in [9.17, 15) is 4.39 Å². The van der Waals surface area contributed by atoms with Gasteiger partial charge in [0.25, 0.3) is 0 Å². The van der Waals surface area contributed by atoms with Gasteiger partial charge in [-0.05, 0) is 47.5 Å². The molecule has 2 aromatic rings. The van der Waals surface area contributed by atoms with Crippen molar-refractivity contribution in [3.05, 3.63) is 39.9 Å². The third-order valence-corrected chi connectivity index (χ3v) is 3.16. The fourth-order valence-electron chi connectivity index (χ4n) is 1.75. The van der Waals surface area contributed by atoms with Gasteiger partial charge in [-0.25, -0.2) is 9.37 Å². The van der Waals surface area contributed by atoms with E-state index in [0.29, 0.717) is 4.47 Å². The number of nitrogens with zero attached hydrogens (tertiary/aromatic N) is 2. The van der Waals surface area contributed by atoms with Gasteiger partial charge >= 0.3 is 0 Å². The summed E-state index contributed by atoms with van der Waals surface area (Å²) in [6.45, 7) is 3.80. The van der Waals surface area contributed by atoms with Gasteiger partial charge in [-0.15, -0.1) is 0 Å². The molecule has 0 saturated carbocycles. The molecule has 0 unspecified atom stereocenters. The van der Waals surface area contributed by atoms with Crippen molar-refractivity contribution in [2.24, 2.45) is 0 Å². The van der Waals surface area contributed by atoms with Crippen molar-refractivity contribution in [2.75, 3.05) is 12.4 Å². The van der Waals surface area contributed by atoms with Gasteiger partial charge in [0.2, 0.25) is 5.95 Å². The molecule has 0 saturated heterocycles. The predicted molar refractivity (Wildman–Crippen MR) is 70.2 cm³/mol. The molecule has 1 aromatic carbocycles. The molecule has 90 valence electrons. The Bertz CT molecular complexity index is 563. The Morgan fingerprint density at radius 3 is 2.71 bits per heavy atom. The van der Waals surface area contributed by atoms with Crippen molar-refractivity contribution in [3.63, 3.8) is 0 Å². The number of benzene rings is 1. The number of halogens is 2. The second kappa shape index (κ2) is 4.49. The Kier molecular flexibility index (Phi) is 3.19. The third-order valence-electron chi connectivity index (χ3n) is 2.55. The van der Waals surface area contributed by atoms with E-state index in [4.69, 9.17) is 0 Å². The largest absolute Gasteiger partial charge is 0.358 e. The van der Waals surface area contributed by atoms with Gasteiger partial charge in [0, 0.05) is 13.2 Å². The van der Waals surface area contributed by atoms with Gasteiger partial charge in [-0.1, -0.05) is 0 Å². The van der Waals surface area contributed by atoms with E-state index < -0.39 is 0 Å². The second-order valence-corrected chi connectivity index (χ2v) is 4.73. The van der Waals surface area contributed by atoms with Crippen molar-refractivity contribution in [1.29, 1.82) is 0 Å². The van der Waals surface area contributed by atoms with Crippen LogP contribution in [0.5, 0.6) is 0 Å². The van der Waals surface area contributed by atoms with E-state index in [0.717, 1.165) is 22.9 Å². The summed E-state index contributed by atoms with van der Waals surface area (Å²) in [6.07, 6.45) is 1.92. The monoisotopic (exact) mass is 297 g/mol. The summed E-state index contributed by atoms with van der Waals surface area (Å²) in [5.41, 5.74) is 2.68. The molecule has 1 N–H and O–H groups in total. The zero-order valence-corrected chi connectivity index (χ0v) is 11.5. The van der Waals surface area contributed by atoms with E-state index in [2.05, 4.69) is 26.2 Å². The molecule has 0 aliphatic carbocycles. The molecule has 0 radical (unpaired) electrons. The first-order valence-electron chi connectivity index (χ1n) is 5.22. The molecule has 0 amide bonds. The van der Waals surface area contributed by atoms with E-state index in [1.165, 1.54) is 6.07 Å². The summed E-state index contributed by atoms with van der Waals surface area (Å²) in [6, 6.07) is 3.26. The van der Waals surface area contributed by atoms with Crippen LogP contribution in [0.25, 0.3) is 5.69 Å². The zero-order chi connectivity index (χ0) is 12.6. The van der Waals surface area contributed by atoms with Gasteiger partial charge in [-0.2, -0.15) is 0 Å². The quantitative estimate of drug-likeness (QED) is 0.920. The first-order chi connectivity index (χ1) is 8.02. The predicted octanol–water partition coefficient (Wildman–Crippen LogP) is 3.43. The summed E-state index contributed by atoms with van der Waals surface area (Å²) >= 11 is 3.20. The van der Waals surface area contributed by atoms with Gasteiger partial charge in [0.05, 0.1) is 15.9 Å². The minimum Gasteiger partial charge on any atom is -0.358 e. The Labute approximate surface area is 108 Å².